The number of likely N-dealkylation sites (tertiary alicyclic amines) is 1. The van der Waals surface area contributed by atoms with Crippen LogP contribution < -0.4 is 5.32 Å². The summed E-state index contributed by atoms with van der Waals surface area (Å²) in [7, 11) is 0. The van der Waals surface area contributed by atoms with E-state index in [1.807, 2.05) is 24.3 Å². The molecule has 28 heavy (non-hydrogen) atoms. The quantitative estimate of drug-likeness (QED) is 0.660. The third-order valence-electron chi connectivity index (χ3n) is 4.86. The molecule has 1 aromatic carbocycles. The third kappa shape index (κ3) is 5.52. The zero-order valence-corrected chi connectivity index (χ0v) is 18.0. The van der Waals surface area contributed by atoms with Crippen LogP contribution in [-0.4, -0.2) is 29.8 Å². The van der Waals surface area contributed by atoms with E-state index in [1.165, 1.54) is 6.07 Å². The third-order valence-corrected chi connectivity index (χ3v) is 6.45. The molecule has 1 fully saturated rings. The number of benzene rings is 1. The second kappa shape index (κ2) is 9.47. The summed E-state index contributed by atoms with van der Waals surface area (Å²) in [6.45, 7) is 3.15. The topological polar surface area (TPSA) is 49.4 Å². The van der Waals surface area contributed by atoms with Crippen LogP contribution in [0.1, 0.15) is 28.8 Å². The maximum Gasteiger partial charge on any atom is 0.246 e. The van der Waals surface area contributed by atoms with Crippen molar-refractivity contribution in [3.05, 3.63) is 62.0 Å². The molecule has 148 valence electrons. The number of halogens is 2. The van der Waals surface area contributed by atoms with Crippen LogP contribution in [0.4, 0.5) is 4.39 Å². The molecule has 0 unspecified atom stereocenters. The average Bonchev–Trinajstić information content (AvgIpc) is 3.12. The van der Waals surface area contributed by atoms with Gasteiger partial charge in [-0.05, 0) is 71.1 Å². The summed E-state index contributed by atoms with van der Waals surface area (Å²) >= 11 is 4.97. The van der Waals surface area contributed by atoms with Gasteiger partial charge in [0.2, 0.25) is 11.8 Å². The van der Waals surface area contributed by atoms with Gasteiger partial charge in [0.1, 0.15) is 5.82 Å². The van der Waals surface area contributed by atoms with Gasteiger partial charge in [-0.3, -0.25) is 9.59 Å². The largest absolute Gasteiger partial charge is 0.352 e. The van der Waals surface area contributed by atoms with Crippen molar-refractivity contribution in [2.24, 2.45) is 5.92 Å². The van der Waals surface area contributed by atoms with Crippen molar-refractivity contribution < 1.29 is 14.0 Å². The van der Waals surface area contributed by atoms with E-state index in [0.717, 1.165) is 14.2 Å². The highest BCUT2D eigenvalue weighted by Crippen LogP contribution is 2.23. The van der Waals surface area contributed by atoms with Crippen LogP contribution in [-0.2, 0) is 16.1 Å². The Morgan fingerprint density at radius 3 is 2.68 bits per heavy atom. The Labute approximate surface area is 176 Å². The molecule has 1 N–H and O–H groups in total. The number of rotatable bonds is 5. The van der Waals surface area contributed by atoms with Gasteiger partial charge in [0.25, 0.3) is 0 Å². The van der Waals surface area contributed by atoms with Crippen molar-refractivity contribution in [1.82, 2.24) is 10.2 Å². The summed E-state index contributed by atoms with van der Waals surface area (Å²) in [4.78, 5) is 27.5. The van der Waals surface area contributed by atoms with Gasteiger partial charge >= 0.3 is 0 Å². The minimum atomic E-state index is -0.262. The maximum absolute atomic E-state index is 13.6. The van der Waals surface area contributed by atoms with Crippen molar-refractivity contribution in [3.8, 4) is 0 Å². The van der Waals surface area contributed by atoms with Gasteiger partial charge in [0, 0.05) is 36.5 Å². The molecule has 1 saturated heterocycles. The van der Waals surface area contributed by atoms with Crippen LogP contribution in [0.25, 0.3) is 6.08 Å². The number of hydrogen-bond acceptors (Lipinski definition) is 3. The summed E-state index contributed by atoms with van der Waals surface area (Å²) in [6.07, 6.45) is 4.68. The first-order valence-electron chi connectivity index (χ1n) is 9.17. The molecule has 4 nitrogen and oxygen atoms in total. The van der Waals surface area contributed by atoms with Crippen LogP contribution >= 0.6 is 27.3 Å². The van der Waals surface area contributed by atoms with E-state index >= 15 is 0 Å². The highest BCUT2D eigenvalue weighted by Gasteiger charge is 2.26. The smallest absolute Gasteiger partial charge is 0.246 e. The molecule has 0 spiro atoms. The van der Waals surface area contributed by atoms with E-state index in [0.29, 0.717) is 38.0 Å². The lowest BCUT2D eigenvalue weighted by atomic mass is 9.95. The molecule has 2 aromatic rings. The summed E-state index contributed by atoms with van der Waals surface area (Å²) in [5, 5.41) is 2.88. The summed E-state index contributed by atoms with van der Waals surface area (Å²) in [6, 6.07) is 8.88. The highest BCUT2D eigenvalue weighted by molar-refractivity contribution is 9.11. The Hall–Kier alpha value is -1.99. The Bertz CT molecular complexity index is 888. The fourth-order valence-corrected chi connectivity index (χ4v) is 4.44. The lowest BCUT2D eigenvalue weighted by molar-refractivity contribution is -0.132. The number of piperidine rings is 1. The Balaban J connectivity index is 1.45. The Morgan fingerprint density at radius 1 is 1.29 bits per heavy atom. The number of nitrogens with zero attached hydrogens (tertiary/aromatic N) is 1. The van der Waals surface area contributed by atoms with Crippen molar-refractivity contribution in [1.29, 1.82) is 0 Å². The van der Waals surface area contributed by atoms with E-state index in [1.54, 1.807) is 35.3 Å². The lowest BCUT2D eigenvalue weighted by Crippen LogP contribution is -2.42. The highest BCUT2D eigenvalue weighted by atomic mass is 79.9. The molecule has 0 radical (unpaired) electrons. The molecule has 1 aliphatic heterocycles. The van der Waals surface area contributed by atoms with E-state index < -0.39 is 0 Å². The first kappa shape index (κ1) is 20.7. The van der Waals surface area contributed by atoms with Gasteiger partial charge in [-0.2, -0.15) is 0 Å². The van der Waals surface area contributed by atoms with Crippen LogP contribution in [0.2, 0.25) is 0 Å². The fourth-order valence-electron chi connectivity index (χ4n) is 3.12. The summed E-state index contributed by atoms with van der Waals surface area (Å²) in [5.74, 6) is -0.441. The van der Waals surface area contributed by atoms with Crippen molar-refractivity contribution in [2.45, 2.75) is 26.3 Å². The Morgan fingerprint density at radius 2 is 2.04 bits per heavy atom. The predicted molar refractivity (Wildman–Crippen MR) is 113 cm³/mol. The Kier molecular flexibility index (Phi) is 7.02. The number of nitrogens with one attached hydrogen (secondary N) is 1. The molecule has 0 saturated carbocycles. The molecular weight excluding hydrogens is 443 g/mol. The van der Waals surface area contributed by atoms with Crippen LogP contribution in [0, 0.1) is 18.7 Å². The molecule has 3 rings (SSSR count). The van der Waals surface area contributed by atoms with Crippen LogP contribution in [0.15, 0.2) is 40.2 Å². The standard InChI is InChI=1S/C21H22BrFN2O2S/c1-14-2-3-15(12-18(14)23)13-24-21(27)16-8-10-25(11-9-16)20(26)7-5-17-4-6-19(22)28-17/h2-7,12,16H,8-11,13H2,1H3,(H,24,27)/b7-5+. The van der Waals surface area contributed by atoms with E-state index in [9.17, 15) is 14.0 Å². The van der Waals surface area contributed by atoms with Crippen LogP contribution in [0.5, 0.6) is 0 Å². The van der Waals surface area contributed by atoms with Gasteiger partial charge < -0.3 is 10.2 Å². The summed E-state index contributed by atoms with van der Waals surface area (Å²) in [5.41, 5.74) is 1.34. The normalized spacial score (nSPS) is 15.2. The zero-order valence-electron chi connectivity index (χ0n) is 15.6. The van der Waals surface area contributed by atoms with Gasteiger partial charge in [0.05, 0.1) is 3.79 Å². The van der Waals surface area contributed by atoms with Crippen molar-refractivity contribution in [3.63, 3.8) is 0 Å². The minimum absolute atomic E-state index is 0.0292. The second-order valence-corrected chi connectivity index (χ2v) is 9.37. The molecular formula is C21H22BrFN2O2S. The van der Waals surface area contributed by atoms with E-state index in [2.05, 4.69) is 21.2 Å². The molecule has 2 heterocycles. The van der Waals surface area contributed by atoms with E-state index in [-0.39, 0.29) is 23.5 Å². The second-order valence-electron chi connectivity index (χ2n) is 6.88. The van der Waals surface area contributed by atoms with Crippen molar-refractivity contribution >= 4 is 45.2 Å². The number of thiophene rings is 1. The van der Waals surface area contributed by atoms with Gasteiger partial charge in [-0.15, -0.1) is 11.3 Å². The number of aryl methyl sites for hydroxylation is 1. The maximum atomic E-state index is 13.6. The molecule has 0 atom stereocenters. The van der Waals surface area contributed by atoms with Gasteiger partial charge in [0.15, 0.2) is 0 Å². The molecule has 1 aliphatic rings. The SMILES string of the molecule is Cc1ccc(CNC(=O)C2CCN(C(=O)/C=C/c3ccc(Br)s3)CC2)cc1F. The number of carbonyl (C=O) groups is 2. The molecule has 0 aliphatic carbocycles. The lowest BCUT2D eigenvalue weighted by Gasteiger charge is -2.30. The molecule has 0 bridgehead atoms. The van der Waals surface area contributed by atoms with Crippen molar-refractivity contribution in [2.75, 3.05) is 13.1 Å². The number of amides is 2. The van der Waals surface area contributed by atoms with Gasteiger partial charge in [-0.25, -0.2) is 4.39 Å². The molecule has 7 heteroatoms. The first-order chi connectivity index (χ1) is 13.4. The number of hydrogen-bond donors (Lipinski definition) is 1. The van der Waals surface area contributed by atoms with E-state index in [4.69, 9.17) is 0 Å². The fraction of sp³-hybridized carbons (Fsp3) is 0.333. The number of carbonyl (C=O) groups excluding carboxylic acids is 2. The molecule has 2 amide bonds. The first-order valence-corrected chi connectivity index (χ1v) is 10.8. The average molecular weight is 465 g/mol. The predicted octanol–water partition coefficient (Wildman–Crippen LogP) is 4.53. The minimum Gasteiger partial charge on any atom is -0.352 e. The monoisotopic (exact) mass is 464 g/mol. The molecule has 1 aromatic heterocycles. The van der Waals surface area contributed by atoms with Gasteiger partial charge in [-0.1, -0.05) is 12.1 Å². The summed E-state index contributed by atoms with van der Waals surface area (Å²) < 4.78 is 14.6. The van der Waals surface area contributed by atoms with Crippen LogP contribution in [0.3, 0.4) is 0 Å². The zero-order chi connectivity index (χ0) is 20.1.